The predicted molar refractivity (Wildman–Crippen MR) is 114 cm³/mol. The van der Waals surface area contributed by atoms with Crippen molar-refractivity contribution in [1.82, 2.24) is 0 Å². The SMILES string of the molecule is CCCCCC1CCC(C(C)Cc2ccc(-c3ccccc3)c(F)c2)CC1. The van der Waals surface area contributed by atoms with Crippen molar-refractivity contribution in [1.29, 1.82) is 0 Å². The summed E-state index contributed by atoms with van der Waals surface area (Å²) in [6, 6.07) is 15.7. The molecule has 1 heteroatoms. The van der Waals surface area contributed by atoms with E-state index in [-0.39, 0.29) is 5.82 Å². The number of hydrogen-bond acceptors (Lipinski definition) is 0. The molecule has 2 aromatic carbocycles. The van der Waals surface area contributed by atoms with Gasteiger partial charge in [0.05, 0.1) is 0 Å². The Hall–Kier alpha value is -1.63. The second-order valence-electron chi connectivity index (χ2n) is 8.64. The Morgan fingerprint density at radius 2 is 1.70 bits per heavy atom. The van der Waals surface area contributed by atoms with Crippen LogP contribution in [-0.4, -0.2) is 0 Å². The molecule has 0 aromatic heterocycles. The quantitative estimate of drug-likeness (QED) is 0.414. The topological polar surface area (TPSA) is 0 Å². The third kappa shape index (κ3) is 5.67. The van der Waals surface area contributed by atoms with Gasteiger partial charge >= 0.3 is 0 Å². The average Bonchev–Trinajstić information content (AvgIpc) is 2.69. The van der Waals surface area contributed by atoms with Crippen molar-refractivity contribution in [2.75, 3.05) is 0 Å². The summed E-state index contributed by atoms with van der Waals surface area (Å²) >= 11 is 0. The number of benzene rings is 2. The molecule has 0 radical (unpaired) electrons. The van der Waals surface area contributed by atoms with Gasteiger partial charge in [0, 0.05) is 5.56 Å². The predicted octanol–water partition coefficient (Wildman–Crippen LogP) is 8.06. The fourth-order valence-electron chi connectivity index (χ4n) is 4.80. The molecule has 27 heavy (non-hydrogen) atoms. The molecular formula is C26H35F. The lowest BCUT2D eigenvalue weighted by molar-refractivity contribution is 0.204. The van der Waals surface area contributed by atoms with Crippen LogP contribution in [0.5, 0.6) is 0 Å². The van der Waals surface area contributed by atoms with E-state index in [0.717, 1.165) is 29.4 Å². The lowest BCUT2D eigenvalue weighted by atomic mass is 9.73. The Kier molecular flexibility index (Phi) is 7.50. The van der Waals surface area contributed by atoms with Crippen molar-refractivity contribution >= 4 is 0 Å². The number of halogens is 1. The van der Waals surface area contributed by atoms with Gasteiger partial charge in [-0.25, -0.2) is 4.39 Å². The van der Waals surface area contributed by atoms with Gasteiger partial charge in [-0.2, -0.15) is 0 Å². The van der Waals surface area contributed by atoms with Crippen LogP contribution in [0.15, 0.2) is 48.5 Å². The minimum absolute atomic E-state index is 0.0921. The number of hydrogen-bond donors (Lipinski definition) is 0. The molecule has 1 atom stereocenters. The van der Waals surface area contributed by atoms with Crippen LogP contribution in [-0.2, 0) is 6.42 Å². The number of rotatable bonds is 8. The highest BCUT2D eigenvalue weighted by Crippen LogP contribution is 2.37. The summed E-state index contributed by atoms with van der Waals surface area (Å²) in [6.07, 6.45) is 12.1. The Morgan fingerprint density at radius 3 is 2.37 bits per heavy atom. The van der Waals surface area contributed by atoms with E-state index in [1.54, 1.807) is 6.07 Å². The van der Waals surface area contributed by atoms with Gasteiger partial charge in [0.15, 0.2) is 0 Å². The van der Waals surface area contributed by atoms with Crippen molar-refractivity contribution in [2.45, 2.75) is 71.6 Å². The Bertz CT molecular complexity index is 683. The van der Waals surface area contributed by atoms with Crippen LogP contribution in [0.4, 0.5) is 4.39 Å². The van der Waals surface area contributed by atoms with Gasteiger partial charge in [-0.1, -0.05) is 94.8 Å². The summed E-state index contributed by atoms with van der Waals surface area (Å²) < 4.78 is 14.6. The van der Waals surface area contributed by atoms with E-state index in [1.165, 1.54) is 51.4 Å². The van der Waals surface area contributed by atoms with Gasteiger partial charge in [-0.15, -0.1) is 0 Å². The molecule has 0 aliphatic heterocycles. The zero-order valence-corrected chi connectivity index (χ0v) is 17.1. The third-order valence-electron chi connectivity index (χ3n) is 6.59. The van der Waals surface area contributed by atoms with Crippen LogP contribution in [0.3, 0.4) is 0 Å². The molecule has 1 saturated carbocycles. The summed E-state index contributed by atoms with van der Waals surface area (Å²) in [6.45, 7) is 4.65. The van der Waals surface area contributed by atoms with Crippen molar-refractivity contribution < 1.29 is 4.39 Å². The molecule has 146 valence electrons. The van der Waals surface area contributed by atoms with E-state index in [0.29, 0.717) is 11.5 Å². The first-order valence-electron chi connectivity index (χ1n) is 11.0. The van der Waals surface area contributed by atoms with E-state index in [1.807, 2.05) is 36.4 Å². The summed E-state index contributed by atoms with van der Waals surface area (Å²) in [4.78, 5) is 0. The summed E-state index contributed by atoms with van der Waals surface area (Å²) in [5, 5.41) is 0. The second kappa shape index (κ2) is 10.1. The van der Waals surface area contributed by atoms with Gasteiger partial charge in [0.25, 0.3) is 0 Å². The normalized spacial score (nSPS) is 21.1. The molecule has 2 aromatic rings. The molecule has 1 unspecified atom stereocenters. The first-order valence-corrected chi connectivity index (χ1v) is 11.0. The lowest BCUT2D eigenvalue weighted by Crippen LogP contribution is -2.21. The molecule has 1 aliphatic rings. The maximum absolute atomic E-state index is 14.6. The van der Waals surface area contributed by atoms with Crippen molar-refractivity contribution in [2.24, 2.45) is 17.8 Å². The standard InChI is InChI=1S/C26H35F/c1-3-4-6-9-21-12-15-23(16-13-21)20(2)18-22-14-17-25(26(27)19-22)24-10-7-5-8-11-24/h5,7-8,10-11,14,17,19-21,23H,3-4,6,9,12-13,15-16,18H2,1-2H3. The zero-order valence-electron chi connectivity index (χ0n) is 17.1. The van der Waals surface area contributed by atoms with Crippen LogP contribution in [0.25, 0.3) is 11.1 Å². The van der Waals surface area contributed by atoms with Gasteiger partial charge in [0.1, 0.15) is 5.82 Å². The molecule has 0 nitrogen and oxygen atoms in total. The highest BCUT2D eigenvalue weighted by atomic mass is 19.1. The molecule has 0 bridgehead atoms. The highest BCUT2D eigenvalue weighted by molar-refractivity contribution is 5.64. The zero-order chi connectivity index (χ0) is 19.1. The maximum atomic E-state index is 14.6. The van der Waals surface area contributed by atoms with Crippen LogP contribution >= 0.6 is 0 Å². The van der Waals surface area contributed by atoms with Crippen molar-refractivity contribution in [3.8, 4) is 11.1 Å². The van der Waals surface area contributed by atoms with Gasteiger partial charge in [-0.3, -0.25) is 0 Å². The van der Waals surface area contributed by atoms with E-state index in [2.05, 4.69) is 19.9 Å². The van der Waals surface area contributed by atoms with Crippen molar-refractivity contribution in [3.63, 3.8) is 0 Å². The largest absolute Gasteiger partial charge is 0.206 e. The second-order valence-corrected chi connectivity index (χ2v) is 8.64. The lowest BCUT2D eigenvalue weighted by Gasteiger charge is -2.32. The van der Waals surface area contributed by atoms with E-state index in [9.17, 15) is 4.39 Å². The summed E-state index contributed by atoms with van der Waals surface area (Å²) in [5.74, 6) is 2.32. The molecule has 0 heterocycles. The van der Waals surface area contributed by atoms with Crippen LogP contribution < -0.4 is 0 Å². The molecule has 0 saturated heterocycles. The number of unbranched alkanes of at least 4 members (excludes halogenated alkanes) is 2. The molecule has 1 fully saturated rings. The average molecular weight is 367 g/mol. The first-order chi connectivity index (χ1) is 13.2. The van der Waals surface area contributed by atoms with Gasteiger partial charge in [-0.05, 0) is 54.2 Å². The Balaban J connectivity index is 1.53. The van der Waals surface area contributed by atoms with Crippen LogP contribution in [0.1, 0.15) is 70.8 Å². The smallest absolute Gasteiger partial charge is 0.131 e. The molecule has 0 spiro atoms. The van der Waals surface area contributed by atoms with Crippen LogP contribution in [0.2, 0.25) is 0 Å². The minimum Gasteiger partial charge on any atom is -0.206 e. The fourth-order valence-corrected chi connectivity index (χ4v) is 4.80. The first kappa shape index (κ1) is 20.1. The molecular weight excluding hydrogens is 331 g/mol. The highest BCUT2D eigenvalue weighted by Gasteiger charge is 2.25. The third-order valence-corrected chi connectivity index (χ3v) is 6.59. The molecule has 1 aliphatic carbocycles. The van der Waals surface area contributed by atoms with E-state index >= 15 is 0 Å². The van der Waals surface area contributed by atoms with Gasteiger partial charge in [0.2, 0.25) is 0 Å². The van der Waals surface area contributed by atoms with Crippen LogP contribution in [0, 0.1) is 23.6 Å². The Labute approximate surface area is 165 Å². The fraction of sp³-hybridized carbons (Fsp3) is 0.538. The monoisotopic (exact) mass is 366 g/mol. The molecule has 0 N–H and O–H groups in total. The molecule has 3 rings (SSSR count). The summed E-state index contributed by atoms with van der Waals surface area (Å²) in [7, 11) is 0. The molecule has 0 amide bonds. The Morgan fingerprint density at radius 1 is 0.963 bits per heavy atom. The van der Waals surface area contributed by atoms with E-state index in [4.69, 9.17) is 0 Å². The van der Waals surface area contributed by atoms with Gasteiger partial charge < -0.3 is 0 Å². The minimum atomic E-state index is -0.0921. The van der Waals surface area contributed by atoms with Crippen molar-refractivity contribution in [3.05, 3.63) is 59.9 Å². The maximum Gasteiger partial charge on any atom is 0.131 e. The van der Waals surface area contributed by atoms with E-state index < -0.39 is 0 Å². The summed E-state index contributed by atoms with van der Waals surface area (Å²) in [5.41, 5.74) is 2.81.